The van der Waals surface area contributed by atoms with E-state index in [0.717, 1.165) is 11.8 Å². The summed E-state index contributed by atoms with van der Waals surface area (Å²) < 4.78 is 44.6. The second kappa shape index (κ2) is 10.1. The highest BCUT2D eigenvalue weighted by atomic mass is 35.5. The molecule has 0 unspecified atom stereocenters. The van der Waals surface area contributed by atoms with Gasteiger partial charge in [0.2, 0.25) is 5.95 Å². The number of pyridine rings is 1. The molecule has 0 saturated heterocycles. The van der Waals surface area contributed by atoms with E-state index in [2.05, 4.69) is 15.4 Å². The molecule has 0 fully saturated rings. The number of aromatic amines is 1. The number of nitrogens with zero attached hydrogens (tertiary/aromatic N) is 4. The number of hydrogen-bond acceptors (Lipinski definition) is 7. The number of rotatable bonds is 7. The molecule has 0 radical (unpaired) electrons. The van der Waals surface area contributed by atoms with Gasteiger partial charge in [0.05, 0.1) is 33.9 Å². The molecule has 0 saturated carbocycles. The number of halogens is 2. The molecule has 0 spiro atoms. The van der Waals surface area contributed by atoms with Crippen molar-refractivity contribution in [3.63, 3.8) is 0 Å². The van der Waals surface area contributed by atoms with Crippen molar-refractivity contribution in [3.05, 3.63) is 71.5 Å². The van der Waals surface area contributed by atoms with Crippen LogP contribution in [0.1, 0.15) is 20.8 Å². The minimum atomic E-state index is -3.78. The predicted molar refractivity (Wildman–Crippen MR) is 150 cm³/mol. The van der Waals surface area contributed by atoms with Crippen LogP contribution in [0.4, 0.5) is 10.3 Å². The summed E-state index contributed by atoms with van der Waals surface area (Å²) in [5, 5.41) is 0.225. The van der Waals surface area contributed by atoms with Gasteiger partial charge in [-0.25, -0.2) is 24.8 Å². The second-order valence-electron chi connectivity index (χ2n) is 10.3. The van der Waals surface area contributed by atoms with E-state index in [0.29, 0.717) is 34.8 Å². The van der Waals surface area contributed by atoms with E-state index in [4.69, 9.17) is 25.9 Å². The van der Waals surface area contributed by atoms with Crippen LogP contribution in [0.25, 0.3) is 45.2 Å². The topological polar surface area (TPSA) is 115 Å². The second-order valence-corrected chi connectivity index (χ2v) is 12.3. The molecule has 3 heterocycles. The monoisotopic (exact) mass is 568 g/mol. The zero-order chi connectivity index (χ0) is 27.9. The first-order valence-corrected chi connectivity index (χ1v) is 14.2. The van der Waals surface area contributed by atoms with Crippen molar-refractivity contribution >= 4 is 38.8 Å². The fraction of sp³-hybridized carbons (Fsp3) is 0.222. The maximum absolute atomic E-state index is 14.8. The van der Waals surface area contributed by atoms with Crippen molar-refractivity contribution in [1.29, 1.82) is 0 Å². The molecule has 0 aliphatic rings. The number of fused-ring (bicyclic) bond motifs is 1. The van der Waals surface area contributed by atoms with Crippen LogP contribution in [0.3, 0.4) is 0 Å². The Morgan fingerprint density at radius 1 is 1.03 bits per heavy atom. The lowest BCUT2D eigenvalue weighted by molar-refractivity contribution is 0.339. The zero-order valence-corrected chi connectivity index (χ0v) is 23.2. The Labute approximate surface area is 230 Å². The Kier molecular flexibility index (Phi) is 6.91. The normalized spacial score (nSPS) is 12.3. The number of hydrogen-bond donors (Lipinski definition) is 2. The lowest BCUT2D eigenvalue weighted by atomic mass is 9.97. The van der Waals surface area contributed by atoms with Crippen molar-refractivity contribution < 1.29 is 17.1 Å². The zero-order valence-electron chi connectivity index (χ0n) is 21.7. The molecule has 2 N–H and O–H groups in total. The molecular formula is C27H26ClFN6O3S. The molecular weight excluding hydrogens is 543 g/mol. The van der Waals surface area contributed by atoms with Crippen LogP contribution in [-0.4, -0.2) is 39.2 Å². The molecule has 0 bridgehead atoms. The van der Waals surface area contributed by atoms with Crippen LogP contribution in [0.2, 0.25) is 5.02 Å². The Hall–Kier alpha value is -3.80. The Balaban J connectivity index is 1.70. The van der Waals surface area contributed by atoms with E-state index in [9.17, 15) is 12.8 Å². The van der Waals surface area contributed by atoms with Crippen LogP contribution < -0.4 is 5.48 Å². The molecule has 5 aromatic rings. The van der Waals surface area contributed by atoms with Gasteiger partial charge in [0.25, 0.3) is 10.1 Å². The molecule has 0 aliphatic heterocycles. The van der Waals surface area contributed by atoms with Gasteiger partial charge < -0.3 is 4.98 Å². The first-order valence-electron chi connectivity index (χ1n) is 12.0. The molecule has 5 rings (SSSR count). The molecule has 39 heavy (non-hydrogen) atoms. The van der Waals surface area contributed by atoms with Crippen LogP contribution >= 0.6 is 11.6 Å². The Morgan fingerprint density at radius 3 is 2.44 bits per heavy atom. The summed E-state index contributed by atoms with van der Waals surface area (Å²) in [6, 6.07) is 17.5. The fourth-order valence-electron chi connectivity index (χ4n) is 4.16. The Bertz CT molecular complexity index is 1760. The Morgan fingerprint density at radius 2 is 1.77 bits per heavy atom. The van der Waals surface area contributed by atoms with Gasteiger partial charge >= 0.3 is 0 Å². The predicted octanol–water partition coefficient (Wildman–Crippen LogP) is 6.30. The molecule has 0 amide bonds. The van der Waals surface area contributed by atoms with Gasteiger partial charge in [-0.3, -0.25) is 4.57 Å². The van der Waals surface area contributed by atoms with Crippen LogP contribution in [0.5, 0.6) is 0 Å². The first-order chi connectivity index (χ1) is 18.4. The number of benzene rings is 2. The van der Waals surface area contributed by atoms with E-state index in [-0.39, 0.29) is 27.8 Å². The third-order valence-corrected chi connectivity index (χ3v) is 6.42. The van der Waals surface area contributed by atoms with E-state index in [1.165, 1.54) is 12.1 Å². The van der Waals surface area contributed by atoms with E-state index < -0.39 is 15.9 Å². The summed E-state index contributed by atoms with van der Waals surface area (Å²) in [7, 11) is -3.78. The van der Waals surface area contributed by atoms with Crippen molar-refractivity contribution in [2.24, 2.45) is 5.41 Å². The number of aromatic nitrogens is 5. The molecule has 3 aromatic heterocycles. The molecule has 202 valence electrons. The lowest BCUT2D eigenvalue weighted by Gasteiger charge is -2.20. The van der Waals surface area contributed by atoms with Gasteiger partial charge in [-0.05, 0) is 29.7 Å². The largest absolute Gasteiger partial charge is 0.336 e. The summed E-state index contributed by atoms with van der Waals surface area (Å²) in [6.45, 7) is 6.57. The summed E-state index contributed by atoms with van der Waals surface area (Å²) in [4.78, 5) is 17.4. The van der Waals surface area contributed by atoms with Gasteiger partial charge in [-0.2, -0.15) is 8.42 Å². The highest BCUT2D eigenvalue weighted by Crippen LogP contribution is 2.36. The van der Waals surface area contributed by atoms with Gasteiger partial charge in [0.1, 0.15) is 17.2 Å². The van der Waals surface area contributed by atoms with Crippen LogP contribution in [-0.2, 0) is 20.9 Å². The highest BCUT2D eigenvalue weighted by Gasteiger charge is 2.23. The number of imidazole rings is 2. The van der Waals surface area contributed by atoms with Gasteiger partial charge in [-0.1, -0.05) is 68.8 Å². The SMILES string of the molecule is CC(C)(C)Cn1c(NOS(C)(=O)=O)nc2ccc(-c3[nH]c(-c4c(F)cccc4Cl)nc3-c3ccccc3)nc21. The molecule has 0 aliphatic carbocycles. The van der Waals surface area contributed by atoms with Crippen molar-refractivity contribution in [1.82, 2.24) is 24.5 Å². The van der Waals surface area contributed by atoms with Crippen LogP contribution in [0, 0.1) is 11.2 Å². The van der Waals surface area contributed by atoms with Crippen molar-refractivity contribution in [2.45, 2.75) is 27.3 Å². The summed E-state index contributed by atoms with van der Waals surface area (Å²) in [5.74, 6) is -0.0432. The summed E-state index contributed by atoms with van der Waals surface area (Å²) in [6.07, 6.45) is 0.940. The maximum Gasteiger partial charge on any atom is 0.285 e. The van der Waals surface area contributed by atoms with E-state index in [1.807, 2.05) is 51.1 Å². The number of nitrogens with one attached hydrogen (secondary N) is 2. The summed E-state index contributed by atoms with van der Waals surface area (Å²) >= 11 is 6.35. The molecule has 0 atom stereocenters. The van der Waals surface area contributed by atoms with Crippen molar-refractivity contribution in [2.75, 3.05) is 11.7 Å². The third kappa shape index (κ3) is 5.80. The van der Waals surface area contributed by atoms with Gasteiger partial charge in [0.15, 0.2) is 5.65 Å². The minimum absolute atomic E-state index is 0.158. The molecule has 2 aromatic carbocycles. The van der Waals surface area contributed by atoms with E-state index in [1.54, 1.807) is 22.8 Å². The third-order valence-electron chi connectivity index (χ3n) is 5.72. The summed E-state index contributed by atoms with van der Waals surface area (Å²) in [5.41, 5.74) is 5.88. The fourth-order valence-corrected chi connectivity index (χ4v) is 4.64. The average molecular weight is 569 g/mol. The average Bonchev–Trinajstić information content (AvgIpc) is 3.43. The molecule has 9 nitrogen and oxygen atoms in total. The molecule has 12 heteroatoms. The van der Waals surface area contributed by atoms with Crippen molar-refractivity contribution in [3.8, 4) is 34.0 Å². The van der Waals surface area contributed by atoms with Gasteiger partial charge in [0, 0.05) is 12.1 Å². The smallest absolute Gasteiger partial charge is 0.285 e. The lowest BCUT2D eigenvalue weighted by Crippen LogP contribution is -2.19. The highest BCUT2D eigenvalue weighted by molar-refractivity contribution is 7.86. The standard InChI is InChI=1S/C27H26ClFN6O3S/c1-27(2,3)15-35-25-20(31-26(35)34-38-39(4,36)37)14-13-19(30-25)23-22(16-9-6-5-7-10-16)32-24(33-23)21-17(28)11-8-12-18(21)29/h5-14H,15H2,1-4H3,(H,31,34)(H,32,33). The first kappa shape index (κ1) is 26.8. The maximum atomic E-state index is 14.8. The number of H-pyrrole nitrogens is 1. The minimum Gasteiger partial charge on any atom is -0.336 e. The quantitative estimate of drug-likeness (QED) is 0.221. The van der Waals surface area contributed by atoms with Gasteiger partial charge in [-0.15, -0.1) is 4.28 Å². The van der Waals surface area contributed by atoms with Crippen LogP contribution in [0.15, 0.2) is 60.7 Å². The number of anilines is 1. The van der Waals surface area contributed by atoms with E-state index >= 15 is 0 Å².